The summed E-state index contributed by atoms with van der Waals surface area (Å²) in [5.74, 6) is 1.50. The summed E-state index contributed by atoms with van der Waals surface area (Å²) in [6.07, 6.45) is 4.93. The molecule has 0 spiro atoms. The second-order valence-electron chi connectivity index (χ2n) is 3.67. The average molecular weight is 189 g/mol. The summed E-state index contributed by atoms with van der Waals surface area (Å²) in [4.78, 5) is 8.93. The molecule has 0 aromatic carbocycles. The molecule has 0 saturated carbocycles. The Kier molecular flexibility index (Phi) is 2.23. The standard InChI is InChI=1S/C11H15N3/c1-4-8(2)10-11-12-6-5-7-14(11)9(3)13-10/h5-8H,4H2,1-3H3. The minimum Gasteiger partial charge on any atom is -0.288 e. The highest BCUT2D eigenvalue weighted by molar-refractivity contribution is 5.46. The van der Waals surface area contributed by atoms with Gasteiger partial charge >= 0.3 is 0 Å². The summed E-state index contributed by atoms with van der Waals surface area (Å²) in [5, 5.41) is 0. The van der Waals surface area contributed by atoms with E-state index in [4.69, 9.17) is 0 Å². The van der Waals surface area contributed by atoms with Crippen LogP contribution in [0.4, 0.5) is 0 Å². The van der Waals surface area contributed by atoms with Gasteiger partial charge in [-0.2, -0.15) is 0 Å². The van der Waals surface area contributed by atoms with Crippen molar-refractivity contribution in [1.82, 2.24) is 14.4 Å². The maximum absolute atomic E-state index is 4.56. The molecule has 2 rings (SSSR count). The predicted octanol–water partition coefficient (Wildman–Crippen LogP) is 2.55. The maximum Gasteiger partial charge on any atom is 0.160 e. The van der Waals surface area contributed by atoms with E-state index in [1.165, 1.54) is 0 Å². The van der Waals surface area contributed by atoms with E-state index in [1.54, 1.807) is 0 Å². The quantitative estimate of drug-likeness (QED) is 0.726. The Morgan fingerprint density at radius 3 is 3.00 bits per heavy atom. The second-order valence-corrected chi connectivity index (χ2v) is 3.67. The summed E-state index contributed by atoms with van der Waals surface area (Å²) >= 11 is 0. The van der Waals surface area contributed by atoms with E-state index < -0.39 is 0 Å². The maximum atomic E-state index is 4.56. The highest BCUT2D eigenvalue weighted by Gasteiger charge is 2.13. The number of aromatic nitrogens is 3. The van der Waals surface area contributed by atoms with E-state index in [0.29, 0.717) is 5.92 Å². The third kappa shape index (κ3) is 1.29. The van der Waals surface area contributed by atoms with Crippen LogP contribution in [0.15, 0.2) is 18.5 Å². The van der Waals surface area contributed by atoms with Crippen molar-refractivity contribution < 1.29 is 0 Å². The predicted molar refractivity (Wildman–Crippen MR) is 56.4 cm³/mol. The summed E-state index contributed by atoms with van der Waals surface area (Å²) < 4.78 is 2.04. The summed E-state index contributed by atoms with van der Waals surface area (Å²) in [7, 11) is 0. The summed E-state index contributed by atoms with van der Waals surface area (Å²) in [6.45, 7) is 6.38. The van der Waals surface area contributed by atoms with Crippen molar-refractivity contribution in [3.63, 3.8) is 0 Å². The Morgan fingerprint density at radius 1 is 1.50 bits per heavy atom. The molecule has 0 aliphatic heterocycles. The number of imidazole rings is 1. The van der Waals surface area contributed by atoms with Gasteiger partial charge in [-0.15, -0.1) is 0 Å². The van der Waals surface area contributed by atoms with Gasteiger partial charge in [0.2, 0.25) is 0 Å². The number of nitrogens with zero attached hydrogens (tertiary/aromatic N) is 3. The molecule has 14 heavy (non-hydrogen) atoms. The van der Waals surface area contributed by atoms with E-state index in [0.717, 1.165) is 23.6 Å². The largest absolute Gasteiger partial charge is 0.288 e. The van der Waals surface area contributed by atoms with Crippen molar-refractivity contribution in [3.8, 4) is 0 Å². The fourth-order valence-electron chi connectivity index (χ4n) is 1.62. The fourth-order valence-corrected chi connectivity index (χ4v) is 1.62. The van der Waals surface area contributed by atoms with Gasteiger partial charge in [-0.05, 0) is 19.4 Å². The topological polar surface area (TPSA) is 30.2 Å². The summed E-state index contributed by atoms with van der Waals surface area (Å²) in [6, 6.07) is 1.93. The Hall–Kier alpha value is -1.38. The molecule has 3 nitrogen and oxygen atoms in total. The molecule has 0 aliphatic carbocycles. The molecule has 2 aromatic rings. The van der Waals surface area contributed by atoms with E-state index in [9.17, 15) is 0 Å². The smallest absolute Gasteiger partial charge is 0.160 e. The monoisotopic (exact) mass is 189 g/mol. The number of fused-ring (bicyclic) bond motifs is 1. The van der Waals surface area contributed by atoms with Crippen molar-refractivity contribution in [2.24, 2.45) is 0 Å². The zero-order valence-electron chi connectivity index (χ0n) is 8.86. The van der Waals surface area contributed by atoms with Crippen molar-refractivity contribution in [2.75, 3.05) is 0 Å². The van der Waals surface area contributed by atoms with Gasteiger partial charge in [-0.1, -0.05) is 13.8 Å². The molecule has 1 atom stereocenters. The Labute approximate surface area is 83.8 Å². The van der Waals surface area contributed by atoms with E-state index in [2.05, 4.69) is 23.8 Å². The van der Waals surface area contributed by atoms with Crippen LogP contribution in [-0.4, -0.2) is 14.4 Å². The molecule has 0 aliphatic rings. The molecule has 3 heteroatoms. The Bertz CT molecular complexity index is 445. The van der Waals surface area contributed by atoms with Crippen LogP contribution < -0.4 is 0 Å². The van der Waals surface area contributed by atoms with Gasteiger partial charge in [-0.3, -0.25) is 4.40 Å². The first-order valence-electron chi connectivity index (χ1n) is 5.03. The minimum absolute atomic E-state index is 0.480. The highest BCUT2D eigenvalue weighted by Crippen LogP contribution is 2.21. The van der Waals surface area contributed by atoms with Crippen molar-refractivity contribution in [1.29, 1.82) is 0 Å². The van der Waals surface area contributed by atoms with E-state index in [-0.39, 0.29) is 0 Å². The van der Waals surface area contributed by atoms with E-state index in [1.807, 2.05) is 29.8 Å². The van der Waals surface area contributed by atoms with Crippen LogP contribution in [0.5, 0.6) is 0 Å². The number of hydrogen-bond donors (Lipinski definition) is 0. The van der Waals surface area contributed by atoms with Gasteiger partial charge in [0.1, 0.15) is 5.82 Å². The molecule has 0 fully saturated rings. The number of hydrogen-bond acceptors (Lipinski definition) is 2. The molecule has 1 unspecified atom stereocenters. The lowest BCUT2D eigenvalue weighted by Crippen LogP contribution is -1.94. The van der Waals surface area contributed by atoms with Crippen molar-refractivity contribution >= 4 is 5.65 Å². The van der Waals surface area contributed by atoms with Crippen LogP contribution in [0, 0.1) is 6.92 Å². The first-order chi connectivity index (χ1) is 6.74. The first-order valence-corrected chi connectivity index (χ1v) is 5.03. The lowest BCUT2D eigenvalue weighted by molar-refractivity contribution is 0.715. The molecule has 2 heterocycles. The number of rotatable bonds is 2. The van der Waals surface area contributed by atoms with Gasteiger partial charge in [0.25, 0.3) is 0 Å². The molecule has 2 aromatic heterocycles. The summed E-state index contributed by atoms with van der Waals surface area (Å²) in [5.41, 5.74) is 2.12. The van der Waals surface area contributed by atoms with Crippen LogP contribution in [0.25, 0.3) is 5.65 Å². The van der Waals surface area contributed by atoms with Crippen LogP contribution in [0.1, 0.15) is 37.7 Å². The normalized spacial score (nSPS) is 13.4. The SMILES string of the molecule is CCC(C)c1nc(C)n2cccnc12. The van der Waals surface area contributed by atoms with Gasteiger partial charge < -0.3 is 0 Å². The molecule has 0 amide bonds. The molecule has 0 radical (unpaired) electrons. The Balaban J connectivity index is 2.66. The average Bonchev–Trinajstić information content (AvgIpc) is 2.56. The first kappa shape index (κ1) is 9.19. The van der Waals surface area contributed by atoms with Gasteiger partial charge in [0.05, 0.1) is 5.69 Å². The lowest BCUT2D eigenvalue weighted by Gasteiger charge is -2.03. The fraction of sp³-hybridized carbons (Fsp3) is 0.455. The zero-order chi connectivity index (χ0) is 10.1. The highest BCUT2D eigenvalue weighted by atomic mass is 15.1. The van der Waals surface area contributed by atoms with Crippen molar-refractivity contribution in [3.05, 3.63) is 30.0 Å². The molecule has 0 N–H and O–H groups in total. The lowest BCUT2D eigenvalue weighted by atomic mass is 10.1. The second kappa shape index (κ2) is 3.40. The van der Waals surface area contributed by atoms with Crippen molar-refractivity contribution in [2.45, 2.75) is 33.1 Å². The Morgan fingerprint density at radius 2 is 2.29 bits per heavy atom. The number of aryl methyl sites for hydroxylation is 1. The minimum atomic E-state index is 0.480. The molecule has 0 bridgehead atoms. The van der Waals surface area contributed by atoms with Crippen LogP contribution in [0.2, 0.25) is 0 Å². The molecular formula is C11H15N3. The van der Waals surface area contributed by atoms with Gasteiger partial charge in [0.15, 0.2) is 5.65 Å². The molecule has 0 saturated heterocycles. The van der Waals surface area contributed by atoms with Crippen LogP contribution >= 0.6 is 0 Å². The van der Waals surface area contributed by atoms with Gasteiger partial charge in [0, 0.05) is 18.3 Å². The third-order valence-electron chi connectivity index (χ3n) is 2.69. The van der Waals surface area contributed by atoms with Crippen LogP contribution in [-0.2, 0) is 0 Å². The molecular weight excluding hydrogens is 174 g/mol. The molecule has 74 valence electrons. The zero-order valence-corrected chi connectivity index (χ0v) is 8.86. The van der Waals surface area contributed by atoms with E-state index >= 15 is 0 Å². The van der Waals surface area contributed by atoms with Gasteiger partial charge in [-0.25, -0.2) is 9.97 Å². The third-order valence-corrected chi connectivity index (χ3v) is 2.69. The van der Waals surface area contributed by atoms with Crippen LogP contribution in [0.3, 0.4) is 0 Å².